The zero-order chi connectivity index (χ0) is 28.5. The number of ether oxygens (including phenoxy) is 2. The summed E-state index contributed by atoms with van der Waals surface area (Å²) in [7, 11) is 1.58. The van der Waals surface area contributed by atoms with Gasteiger partial charge in [-0.25, -0.2) is 0 Å². The largest absolute Gasteiger partial charge is 0.508 e. The van der Waals surface area contributed by atoms with Crippen molar-refractivity contribution in [3.63, 3.8) is 0 Å². The second-order valence-corrected chi connectivity index (χ2v) is 11.0. The highest BCUT2D eigenvalue weighted by molar-refractivity contribution is 6.46. The van der Waals surface area contributed by atoms with Gasteiger partial charge in [0, 0.05) is 12.1 Å². The summed E-state index contributed by atoms with van der Waals surface area (Å²) in [6, 6.07) is 18.0. The monoisotopic (exact) mass is 529 g/mol. The fraction of sp³-hybridized carbons (Fsp3) is 0.312. The Labute approximate surface area is 229 Å². The van der Waals surface area contributed by atoms with Crippen LogP contribution in [0.1, 0.15) is 68.8 Å². The number of benzene rings is 3. The second-order valence-electron chi connectivity index (χ2n) is 11.0. The zero-order valence-electron chi connectivity index (χ0n) is 23.2. The molecule has 0 radical (unpaired) electrons. The van der Waals surface area contributed by atoms with Crippen molar-refractivity contribution in [1.29, 1.82) is 0 Å². The van der Waals surface area contributed by atoms with Gasteiger partial charge in [-0.1, -0.05) is 38.1 Å². The van der Waals surface area contributed by atoms with E-state index in [0.29, 0.717) is 22.6 Å². The standard InChI is InChI=1S/C32H35NO6/c1-19(2)25-17-22(11-16-26(25)38-6)29(35)27-28(21-9-12-23(34)13-10-21)33(31(37)30(27)36)18-20-7-14-24(15-8-20)39-32(3,4)5/h7-17,19,28,34-35H,18H2,1-6H3/b29-27-. The number of carbonyl (C=O) groups is 2. The van der Waals surface area contributed by atoms with Crippen molar-refractivity contribution in [2.24, 2.45) is 0 Å². The molecule has 0 saturated carbocycles. The van der Waals surface area contributed by atoms with Gasteiger partial charge < -0.3 is 24.6 Å². The van der Waals surface area contributed by atoms with Crippen molar-refractivity contribution in [2.75, 3.05) is 7.11 Å². The lowest BCUT2D eigenvalue weighted by molar-refractivity contribution is -0.140. The van der Waals surface area contributed by atoms with Crippen LogP contribution in [0.3, 0.4) is 0 Å². The van der Waals surface area contributed by atoms with Gasteiger partial charge in [-0.2, -0.15) is 0 Å². The van der Waals surface area contributed by atoms with Gasteiger partial charge in [0.1, 0.15) is 28.6 Å². The minimum absolute atomic E-state index is 0.00162. The van der Waals surface area contributed by atoms with Crippen molar-refractivity contribution in [3.8, 4) is 17.2 Å². The van der Waals surface area contributed by atoms with Gasteiger partial charge in [0.25, 0.3) is 11.7 Å². The number of nitrogens with zero attached hydrogens (tertiary/aromatic N) is 1. The summed E-state index contributed by atoms with van der Waals surface area (Å²) in [5.74, 6) is -0.190. The number of likely N-dealkylation sites (tertiary alicyclic amines) is 1. The molecule has 0 bridgehead atoms. The Balaban J connectivity index is 1.79. The summed E-state index contributed by atoms with van der Waals surface area (Å²) in [4.78, 5) is 28.2. The Morgan fingerprint density at radius 3 is 2.18 bits per heavy atom. The predicted molar refractivity (Wildman–Crippen MR) is 150 cm³/mol. The van der Waals surface area contributed by atoms with E-state index in [4.69, 9.17) is 9.47 Å². The van der Waals surface area contributed by atoms with Gasteiger partial charge in [0.15, 0.2) is 0 Å². The molecule has 39 heavy (non-hydrogen) atoms. The first-order chi connectivity index (χ1) is 18.4. The number of aliphatic hydroxyl groups excluding tert-OH is 1. The first kappa shape index (κ1) is 27.8. The molecule has 3 aromatic rings. The molecule has 4 rings (SSSR count). The molecule has 1 aliphatic rings. The highest BCUT2D eigenvalue weighted by Gasteiger charge is 2.46. The molecule has 1 aliphatic heterocycles. The lowest BCUT2D eigenvalue weighted by Crippen LogP contribution is -2.29. The average Bonchev–Trinajstić information content (AvgIpc) is 3.13. The number of hydrogen-bond donors (Lipinski definition) is 2. The van der Waals surface area contributed by atoms with Crippen LogP contribution in [0.25, 0.3) is 5.76 Å². The topological polar surface area (TPSA) is 96.3 Å². The number of carbonyl (C=O) groups excluding carboxylic acids is 2. The summed E-state index contributed by atoms with van der Waals surface area (Å²) in [6.07, 6.45) is 0. The zero-order valence-corrected chi connectivity index (χ0v) is 23.2. The van der Waals surface area contributed by atoms with E-state index in [1.165, 1.54) is 17.0 Å². The molecule has 204 valence electrons. The Bertz CT molecular complexity index is 1400. The fourth-order valence-electron chi connectivity index (χ4n) is 4.75. The lowest BCUT2D eigenvalue weighted by Gasteiger charge is -2.26. The maximum atomic E-state index is 13.4. The number of methoxy groups -OCH3 is 1. The van der Waals surface area contributed by atoms with Crippen LogP contribution in [0.15, 0.2) is 72.3 Å². The van der Waals surface area contributed by atoms with Crippen molar-refractivity contribution in [3.05, 3.63) is 94.6 Å². The van der Waals surface area contributed by atoms with Gasteiger partial charge in [0.05, 0.1) is 18.7 Å². The SMILES string of the molecule is COc1ccc(/C(O)=C2/C(=O)C(=O)N(Cc3ccc(OC(C)(C)C)cc3)C2c2ccc(O)cc2)cc1C(C)C. The Hall–Kier alpha value is -4.26. The third kappa shape index (κ3) is 5.93. The quantitative estimate of drug-likeness (QED) is 0.211. The van der Waals surface area contributed by atoms with Gasteiger partial charge in [0.2, 0.25) is 0 Å². The first-order valence-electron chi connectivity index (χ1n) is 12.9. The second kappa shape index (κ2) is 10.8. The third-order valence-corrected chi connectivity index (χ3v) is 6.57. The number of amides is 1. The molecular weight excluding hydrogens is 494 g/mol. The number of phenols is 1. The molecule has 1 saturated heterocycles. The smallest absolute Gasteiger partial charge is 0.295 e. The summed E-state index contributed by atoms with van der Waals surface area (Å²) < 4.78 is 11.4. The van der Waals surface area contributed by atoms with Gasteiger partial charge in [-0.3, -0.25) is 9.59 Å². The molecule has 2 N–H and O–H groups in total. The van der Waals surface area contributed by atoms with E-state index in [-0.39, 0.29) is 35.1 Å². The van der Waals surface area contributed by atoms with Crippen LogP contribution >= 0.6 is 0 Å². The number of Topliss-reactive ketones (excluding diaryl/α,β-unsaturated/α-hetero) is 1. The molecule has 1 unspecified atom stereocenters. The molecule has 1 amide bonds. The molecule has 0 aromatic heterocycles. The van der Waals surface area contributed by atoms with Crippen LogP contribution in [-0.2, 0) is 16.1 Å². The van der Waals surface area contributed by atoms with E-state index in [2.05, 4.69) is 0 Å². The van der Waals surface area contributed by atoms with Crippen molar-refractivity contribution >= 4 is 17.4 Å². The van der Waals surface area contributed by atoms with Crippen LogP contribution in [0, 0.1) is 0 Å². The highest BCUT2D eigenvalue weighted by Crippen LogP contribution is 2.41. The molecule has 7 heteroatoms. The maximum absolute atomic E-state index is 13.4. The molecule has 0 aliphatic carbocycles. The lowest BCUT2D eigenvalue weighted by atomic mass is 9.93. The summed E-state index contributed by atoms with van der Waals surface area (Å²) in [6.45, 7) is 10.0. The van der Waals surface area contributed by atoms with Gasteiger partial charge in [-0.15, -0.1) is 0 Å². The Kier molecular flexibility index (Phi) is 7.72. The summed E-state index contributed by atoms with van der Waals surface area (Å²) >= 11 is 0. The minimum atomic E-state index is -0.847. The summed E-state index contributed by atoms with van der Waals surface area (Å²) in [5.41, 5.74) is 2.33. The van der Waals surface area contributed by atoms with E-state index in [0.717, 1.165) is 11.1 Å². The normalized spacial score (nSPS) is 17.1. The Morgan fingerprint density at radius 2 is 1.62 bits per heavy atom. The van der Waals surface area contributed by atoms with Crippen LogP contribution < -0.4 is 9.47 Å². The molecule has 1 atom stereocenters. The average molecular weight is 530 g/mol. The number of aromatic hydroxyl groups is 1. The predicted octanol–water partition coefficient (Wildman–Crippen LogP) is 6.32. The number of rotatable bonds is 7. The van der Waals surface area contributed by atoms with Crippen molar-refractivity contribution in [1.82, 2.24) is 4.90 Å². The van der Waals surface area contributed by atoms with E-state index < -0.39 is 17.7 Å². The molecular formula is C32H35NO6. The van der Waals surface area contributed by atoms with E-state index >= 15 is 0 Å². The fourth-order valence-corrected chi connectivity index (χ4v) is 4.75. The number of ketones is 1. The number of phenolic OH excluding ortho intramolecular Hbond substituents is 1. The van der Waals surface area contributed by atoms with Crippen LogP contribution in [0.4, 0.5) is 0 Å². The first-order valence-corrected chi connectivity index (χ1v) is 12.9. The van der Waals surface area contributed by atoms with Crippen LogP contribution in [0.2, 0.25) is 0 Å². The van der Waals surface area contributed by atoms with Crippen molar-refractivity contribution < 1.29 is 29.3 Å². The molecule has 7 nitrogen and oxygen atoms in total. The van der Waals surface area contributed by atoms with E-state index in [1.807, 2.05) is 58.9 Å². The number of aliphatic hydroxyl groups is 1. The van der Waals surface area contributed by atoms with Crippen molar-refractivity contribution in [2.45, 2.75) is 58.7 Å². The van der Waals surface area contributed by atoms with E-state index in [1.54, 1.807) is 37.4 Å². The van der Waals surface area contributed by atoms with Gasteiger partial charge in [-0.05, 0) is 85.8 Å². The third-order valence-electron chi connectivity index (χ3n) is 6.57. The summed E-state index contributed by atoms with van der Waals surface area (Å²) in [5, 5.41) is 21.3. The Morgan fingerprint density at radius 1 is 0.974 bits per heavy atom. The molecule has 1 fully saturated rings. The van der Waals surface area contributed by atoms with Crippen LogP contribution in [0.5, 0.6) is 17.2 Å². The molecule has 3 aromatic carbocycles. The maximum Gasteiger partial charge on any atom is 0.295 e. The number of hydrogen-bond acceptors (Lipinski definition) is 6. The van der Waals surface area contributed by atoms with Gasteiger partial charge >= 0.3 is 0 Å². The molecule has 1 heterocycles. The minimum Gasteiger partial charge on any atom is -0.508 e. The highest BCUT2D eigenvalue weighted by atomic mass is 16.5. The molecule has 0 spiro atoms. The van der Waals surface area contributed by atoms with Crippen LogP contribution in [-0.4, -0.2) is 39.5 Å². The van der Waals surface area contributed by atoms with E-state index in [9.17, 15) is 19.8 Å².